The second-order valence-electron chi connectivity index (χ2n) is 3.34. The summed E-state index contributed by atoms with van der Waals surface area (Å²) in [5, 5.41) is 0. The molecule has 3 nitrogen and oxygen atoms in total. The molecule has 1 rings (SSSR count). The lowest BCUT2D eigenvalue weighted by Crippen LogP contribution is -2.17. The van der Waals surface area contributed by atoms with Gasteiger partial charge >= 0.3 is 12.8 Å². The minimum atomic E-state index is -5.03. The summed E-state index contributed by atoms with van der Waals surface area (Å²) in [5.41, 5.74) is 2.34. The molecule has 0 spiro atoms. The Hall–Kier alpha value is -1.86. The number of hydrogen-bond acceptors (Lipinski definition) is 3. The number of benzene rings is 1. The van der Waals surface area contributed by atoms with Gasteiger partial charge in [-0.3, -0.25) is 4.79 Å². The molecule has 0 atom stereocenters. The van der Waals surface area contributed by atoms with E-state index in [-0.39, 0.29) is 0 Å². The largest absolute Gasteiger partial charge is 0.434 e. The Morgan fingerprint density at radius 3 is 2.28 bits per heavy atom. The van der Waals surface area contributed by atoms with E-state index < -0.39 is 41.1 Å². The number of ketones is 1. The van der Waals surface area contributed by atoms with Crippen LogP contribution in [-0.2, 0) is 6.18 Å². The van der Waals surface area contributed by atoms with Crippen molar-refractivity contribution in [2.75, 3.05) is 5.73 Å². The van der Waals surface area contributed by atoms with Gasteiger partial charge in [0.2, 0.25) is 0 Å². The molecule has 100 valence electrons. The van der Waals surface area contributed by atoms with Gasteiger partial charge in [0.15, 0.2) is 5.78 Å². The maximum absolute atomic E-state index is 12.8. The number of Topliss-reactive ketones (excluding diaryl/α,β-unsaturated/α-hetero) is 1. The second kappa shape index (κ2) is 4.79. The predicted octanol–water partition coefficient (Wildman–Crippen LogP) is 3.09. The van der Waals surface area contributed by atoms with Gasteiger partial charge in [0.1, 0.15) is 11.3 Å². The highest BCUT2D eigenvalue weighted by Crippen LogP contribution is 2.41. The number of ether oxygens (including phenoxy) is 1. The van der Waals surface area contributed by atoms with E-state index in [1.165, 1.54) is 0 Å². The van der Waals surface area contributed by atoms with Crippen molar-refractivity contribution in [1.29, 1.82) is 0 Å². The van der Waals surface area contributed by atoms with Crippen molar-refractivity contribution in [2.24, 2.45) is 0 Å². The predicted molar refractivity (Wildman–Crippen MR) is 52.5 cm³/mol. The molecule has 18 heavy (non-hydrogen) atoms. The summed E-state index contributed by atoms with van der Waals surface area (Å²) in [6.45, 7) is -2.58. The first-order valence-corrected chi connectivity index (χ1v) is 4.60. The van der Waals surface area contributed by atoms with Gasteiger partial charge < -0.3 is 10.5 Å². The van der Waals surface area contributed by atoms with Crippen LogP contribution in [0.4, 0.5) is 27.6 Å². The lowest BCUT2D eigenvalue weighted by Gasteiger charge is -2.17. The fourth-order valence-corrected chi connectivity index (χ4v) is 1.45. The minimum absolute atomic E-state index is 0.448. The molecule has 0 aliphatic carbocycles. The molecule has 0 saturated heterocycles. The van der Waals surface area contributed by atoms with E-state index in [0.29, 0.717) is 6.07 Å². The Labute approximate surface area is 98.3 Å². The molecule has 1 aromatic carbocycles. The number of hydrogen-bond donors (Lipinski definition) is 1. The highest BCUT2D eigenvalue weighted by atomic mass is 19.4. The average Bonchev–Trinajstić information content (AvgIpc) is 2.17. The summed E-state index contributed by atoms with van der Waals surface area (Å²) < 4.78 is 66.1. The third kappa shape index (κ3) is 2.88. The molecule has 0 saturated carbocycles. The smallest absolute Gasteiger partial charge is 0.420 e. The van der Waals surface area contributed by atoms with Crippen LogP contribution in [0, 0.1) is 0 Å². The third-order valence-electron chi connectivity index (χ3n) is 2.05. The van der Waals surface area contributed by atoms with E-state index in [9.17, 15) is 26.7 Å². The van der Waals surface area contributed by atoms with Crippen LogP contribution >= 0.6 is 0 Å². The number of halogens is 5. The molecule has 0 heterocycles. The van der Waals surface area contributed by atoms with Crippen LogP contribution in [0.5, 0.6) is 5.75 Å². The van der Waals surface area contributed by atoms with E-state index in [1.54, 1.807) is 0 Å². The van der Waals surface area contributed by atoms with Gasteiger partial charge in [-0.15, -0.1) is 0 Å². The topological polar surface area (TPSA) is 52.3 Å². The van der Waals surface area contributed by atoms with Crippen molar-refractivity contribution in [3.05, 3.63) is 23.3 Å². The molecule has 8 heteroatoms. The van der Waals surface area contributed by atoms with Gasteiger partial charge in [-0.25, -0.2) is 0 Å². The van der Waals surface area contributed by atoms with Crippen molar-refractivity contribution >= 4 is 11.5 Å². The standard InChI is InChI=1S/C10H8F5NO2/c1-4(17)7-5(16)2-3-6(18-9(11)12)8(7)10(13,14)15/h2-3,9H,16H2,1H3. The van der Waals surface area contributed by atoms with Crippen LogP contribution in [0.2, 0.25) is 0 Å². The molecular weight excluding hydrogens is 261 g/mol. The zero-order valence-electron chi connectivity index (χ0n) is 9.02. The van der Waals surface area contributed by atoms with E-state index in [2.05, 4.69) is 4.74 Å². The molecule has 1 aromatic rings. The highest BCUT2D eigenvalue weighted by molar-refractivity contribution is 6.01. The summed E-state index contributed by atoms with van der Waals surface area (Å²) in [6.07, 6.45) is -5.03. The van der Waals surface area contributed by atoms with Crippen LogP contribution in [0.3, 0.4) is 0 Å². The molecule has 0 radical (unpaired) electrons. The van der Waals surface area contributed by atoms with Crippen LogP contribution in [-0.4, -0.2) is 12.4 Å². The molecule has 0 fully saturated rings. The summed E-state index contributed by atoms with van der Waals surface area (Å²) in [7, 11) is 0. The third-order valence-corrected chi connectivity index (χ3v) is 2.05. The first kappa shape index (κ1) is 14.2. The zero-order chi connectivity index (χ0) is 14.1. The molecule has 0 aliphatic heterocycles. The van der Waals surface area contributed by atoms with Gasteiger partial charge in [-0.2, -0.15) is 22.0 Å². The van der Waals surface area contributed by atoms with Gasteiger partial charge in [-0.05, 0) is 19.1 Å². The van der Waals surface area contributed by atoms with Crippen molar-refractivity contribution < 1.29 is 31.5 Å². The second-order valence-corrected chi connectivity index (χ2v) is 3.34. The maximum Gasteiger partial charge on any atom is 0.420 e. The normalized spacial score (nSPS) is 11.7. The lowest BCUT2D eigenvalue weighted by atomic mass is 10.0. The van der Waals surface area contributed by atoms with Crippen molar-refractivity contribution in [2.45, 2.75) is 19.7 Å². The molecule has 0 bridgehead atoms. The zero-order valence-corrected chi connectivity index (χ0v) is 9.02. The van der Waals surface area contributed by atoms with Crippen molar-refractivity contribution in [3.8, 4) is 5.75 Å². The molecular formula is C10H8F5NO2. The number of carbonyl (C=O) groups is 1. The van der Waals surface area contributed by atoms with Gasteiger partial charge in [0, 0.05) is 5.69 Å². The maximum atomic E-state index is 12.8. The quantitative estimate of drug-likeness (QED) is 0.521. The van der Waals surface area contributed by atoms with Gasteiger partial charge in [0.05, 0.1) is 5.56 Å². The van der Waals surface area contributed by atoms with Crippen LogP contribution in [0.15, 0.2) is 12.1 Å². The fraction of sp³-hybridized carbons (Fsp3) is 0.300. The number of alkyl halides is 5. The highest BCUT2D eigenvalue weighted by Gasteiger charge is 2.39. The Kier molecular flexibility index (Phi) is 3.78. The van der Waals surface area contributed by atoms with Crippen molar-refractivity contribution in [1.82, 2.24) is 0 Å². The Balaban J connectivity index is 3.55. The molecule has 0 aromatic heterocycles. The van der Waals surface area contributed by atoms with Gasteiger partial charge in [-0.1, -0.05) is 0 Å². The van der Waals surface area contributed by atoms with Crippen molar-refractivity contribution in [3.63, 3.8) is 0 Å². The Morgan fingerprint density at radius 1 is 1.33 bits per heavy atom. The number of carbonyl (C=O) groups excluding carboxylic acids is 1. The Morgan fingerprint density at radius 2 is 1.89 bits per heavy atom. The minimum Gasteiger partial charge on any atom is -0.434 e. The van der Waals surface area contributed by atoms with E-state index in [4.69, 9.17) is 5.73 Å². The van der Waals surface area contributed by atoms with Crippen LogP contribution in [0.1, 0.15) is 22.8 Å². The van der Waals surface area contributed by atoms with Crippen LogP contribution < -0.4 is 10.5 Å². The lowest BCUT2D eigenvalue weighted by molar-refractivity contribution is -0.142. The fourth-order valence-electron chi connectivity index (χ4n) is 1.45. The summed E-state index contributed by atoms with van der Waals surface area (Å²) in [4.78, 5) is 11.1. The average molecular weight is 269 g/mol. The monoisotopic (exact) mass is 269 g/mol. The van der Waals surface area contributed by atoms with Gasteiger partial charge in [0.25, 0.3) is 0 Å². The molecule has 0 aliphatic rings. The van der Waals surface area contributed by atoms with E-state index in [0.717, 1.165) is 13.0 Å². The van der Waals surface area contributed by atoms with E-state index >= 15 is 0 Å². The summed E-state index contributed by atoms with van der Waals surface area (Å²) in [6, 6.07) is 1.56. The summed E-state index contributed by atoms with van der Waals surface area (Å²) >= 11 is 0. The Bertz CT molecular complexity index is 470. The molecule has 0 amide bonds. The number of anilines is 1. The first-order chi connectivity index (χ1) is 8.14. The SMILES string of the molecule is CC(=O)c1c(N)ccc(OC(F)F)c1C(F)(F)F. The first-order valence-electron chi connectivity index (χ1n) is 4.60. The summed E-state index contributed by atoms with van der Waals surface area (Å²) in [5.74, 6) is -2.11. The van der Waals surface area contributed by atoms with Crippen LogP contribution in [0.25, 0.3) is 0 Å². The van der Waals surface area contributed by atoms with E-state index in [1.807, 2.05) is 0 Å². The molecule has 2 N–H and O–H groups in total. The number of rotatable bonds is 3. The molecule has 0 unspecified atom stereocenters. The number of nitrogens with two attached hydrogens (primary N) is 1. The number of nitrogen functional groups attached to an aromatic ring is 1.